The lowest BCUT2D eigenvalue weighted by atomic mass is 9.99. The molecule has 7 aliphatic heterocycles. The molecule has 17 rings (SSSR count). The van der Waals surface area contributed by atoms with Gasteiger partial charge in [0, 0.05) is 73.9 Å². The van der Waals surface area contributed by atoms with E-state index in [2.05, 4.69) is 74.3 Å². The standard InChI is InChI=1S/2C29H33FN4O4.C14H14N2O2.C9H6BrN/c2*30-22-15-21(16-25-28(22)38-14-13-37-25)27(35)24(18-33-10-3-4-11-33)32-29(36)20-9-12-34(17-20)26-8-7-19-5-1-2-6-23(19)31-26;17-14(18)11-7-8-16(9-11)13-6-5-10-3-1-2-4-12(10)15-13;10-9-6-5-7-3-1-2-4-8(7)11-9/h2*1-2,5-8,15-16,20,24,27,35H,3-4,9-14,17-18H2,(H,32,36);1-6,11H,7-9H2,(H,17,18);1-6H/t20-,24+,27+;20-,24-,27-;;/m01../s1. The summed E-state index contributed by atoms with van der Waals surface area (Å²) in [6, 6.07) is 52.7. The summed E-state index contributed by atoms with van der Waals surface area (Å²) in [6.07, 6.45) is 4.27. The van der Waals surface area contributed by atoms with Gasteiger partial charge in [-0.25, -0.2) is 28.7 Å². The molecule has 1 unspecified atom stereocenters. The maximum atomic E-state index is 14.7. The van der Waals surface area contributed by atoms with Crippen molar-refractivity contribution in [2.24, 2.45) is 17.8 Å². The molecule has 11 heterocycles. The Labute approximate surface area is 616 Å². The van der Waals surface area contributed by atoms with E-state index in [1.165, 1.54) is 17.5 Å². The summed E-state index contributed by atoms with van der Waals surface area (Å²) in [5.74, 6) is 0.519. The molecule has 10 aromatic rings. The van der Waals surface area contributed by atoms with Crippen LogP contribution in [0.15, 0.2) is 174 Å². The van der Waals surface area contributed by atoms with Crippen molar-refractivity contribution in [2.45, 2.75) is 69.2 Å². The molecule has 6 aromatic carbocycles. The monoisotopic (exact) mass is 1490 g/mol. The quantitative estimate of drug-likeness (QED) is 0.0565. The van der Waals surface area contributed by atoms with E-state index in [0.717, 1.165) is 132 Å². The van der Waals surface area contributed by atoms with E-state index in [1.54, 1.807) is 12.1 Å². The number of halogens is 3. The van der Waals surface area contributed by atoms with Crippen LogP contribution in [0, 0.1) is 29.4 Å². The number of aliphatic carboxylic acids is 1. The Kier molecular flexibility index (Phi) is 23.0. The third-order valence-corrected chi connectivity index (χ3v) is 21.0. The number of carboxylic acids is 1. The molecule has 21 nitrogen and oxygen atoms in total. The molecule has 0 spiro atoms. The Morgan fingerprint density at radius 1 is 0.448 bits per heavy atom. The SMILES string of the molecule is Brc1ccc2ccccc2n1.O=C(N[C@H](CN1CCCC1)[C@H](O)c1cc(F)c2c(c1)OCCO2)[C@@H]1CCN(c2ccc3ccccc3n2)C1.O=C(N[C@H](CN1CCCC1)[C@H](O)c1cc(F)c2c(c1)OCCO2)[C@H]1CCN(c2ccc3ccccc3n2)C1.O=C(O)C1CCN(c2ccc3ccccc3n2)C1. The van der Waals surface area contributed by atoms with E-state index >= 15 is 0 Å². The first-order chi connectivity index (χ1) is 51.2. The number of rotatable bonds is 16. The molecule has 4 aromatic heterocycles. The zero-order valence-electron chi connectivity index (χ0n) is 58.3. The number of fused-ring (bicyclic) bond motifs is 6. The second-order valence-corrected chi connectivity index (χ2v) is 28.5. The summed E-state index contributed by atoms with van der Waals surface area (Å²) in [6.45, 7) is 9.77. The summed E-state index contributed by atoms with van der Waals surface area (Å²) in [7, 11) is 0. The van der Waals surface area contributed by atoms with Gasteiger partial charge in [-0.05, 0) is 189 Å². The lowest BCUT2D eigenvalue weighted by Gasteiger charge is -2.30. The summed E-state index contributed by atoms with van der Waals surface area (Å²) >= 11 is 3.32. The van der Waals surface area contributed by atoms with Crippen molar-refractivity contribution >= 4 is 94.8 Å². The highest BCUT2D eigenvalue weighted by Crippen LogP contribution is 2.39. The van der Waals surface area contributed by atoms with Crippen LogP contribution in [0.5, 0.6) is 23.0 Å². The van der Waals surface area contributed by atoms with Gasteiger partial charge in [-0.2, -0.15) is 0 Å². The number of nitrogens with one attached hydrogen (secondary N) is 2. The van der Waals surface area contributed by atoms with Gasteiger partial charge in [-0.3, -0.25) is 14.4 Å². The molecule has 105 heavy (non-hydrogen) atoms. The Morgan fingerprint density at radius 2 is 0.790 bits per heavy atom. The topological polar surface area (TPSA) is 241 Å². The van der Waals surface area contributed by atoms with Crippen LogP contribution in [-0.4, -0.2) is 180 Å². The summed E-state index contributed by atoms with van der Waals surface area (Å²) in [4.78, 5) is 67.1. The molecule has 7 atom stereocenters. The first kappa shape index (κ1) is 72.1. The maximum Gasteiger partial charge on any atom is 0.308 e. The maximum absolute atomic E-state index is 14.7. The van der Waals surface area contributed by atoms with Gasteiger partial charge >= 0.3 is 5.97 Å². The van der Waals surface area contributed by atoms with Crippen LogP contribution in [0.1, 0.15) is 68.3 Å². The molecule has 7 aliphatic rings. The minimum absolute atomic E-state index is 0.0701. The molecule has 2 amide bonds. The van der Waals surface area contributed by atoms with Crippen molar-refractivity contribution in [1.29, 1.82) is 0 Å². The molecule has 0 radical (unpaired) electrons. The Morgan fingerprint density at radius 3 is 1.17 bits per heavy atom. The number of ether oxygens (including phenoxy) is 4. The zero-order valence-corrected chi connectivity index (χ0v) is 59.9. The number of carbonyl (C=O) groups is 3. The Bertz CT molecular complexity index is 4530. The van der Waals surface area contributed by atoms with Crippen LogP contribution in [0.3, 0.4) is 0 Å². The van der Waals surface area contributed by atoms with Crippen molar-refractivity contribution in [3.8, 4) is 23.0 Å². The number of aliphatic hydroxyl groups is 2. The van der Waals surface area contributed by atoms with Crippen molar-refractivity contribution < 1.29 is 57.4 Å². The van der Waals surface area contributed by atoms with Gasteiger partial charge in [0.15, 0.2) is 34.6 Å². The van der Waals surface area contributed by atoms with Crippen molar-refractivity contribution in [1.82, 2.24) is 40.4 Å². The third kappa shape index (κ3) is 17.6. The van der Waals surface area contributed by atoms with Crippen LogP contribution in [0.25, 0.3) is 43.6 Å². The Hall–Kier alpha value is -9.85. The number of carboxylic acid groups (broad SMARTS) is 1. The van der Waals surface area contributed by atoms with Gasteiger partial charge in [0.25, 0.3) is 0 Å². The van der Waals surface area contributed by atoms with Gasteiger partial charge < -0.3 is 69.4 Å². The average molecular weight is 1490 g/mol. The van der Waals surface area contributed by atoms with Gasteiger partial charge in [0.1, 0.15) is 60.7 Å². The van der Waals surface area contributed by atoms with Crippen LogP contribution in [0.4, 0.5) is 26.2 Å². The van der Waals surface area contributed by atoms with Crippen molar-refractivity contribution in [3.63, 3.8) is 0 Å². The van der Waals surface area contributed by atoms with E-state index in [1.807, 2.05) is 132 Å². The first-order valence-electron chi connectivity index (χ1n) is 36.4. The number of likely N-dealkylation sites (tertiary alicyclic amines) is 2. The highest BCUT2D eigenvalue weighted by atomic mass is 79.9. The normalized spacial score (nSPS) is 19.6. The lowest BCUT2D eigenvalue weighted by molar-refractivity contribution is -0.141. The minimum atomic E-state index is -1.09. The number of aromatic nitrogens is 4. The first-order valence-corrected chi connectivity index (χ1v) is 37.2. The van der Waals surface area contributed by atoms with Crippen molar-refractivity contribution in [3.05, 3.63) is 197 Å². The summed E-state index contributed by atoms with van der Waals surface area (Å²) < 4.78 is 52.3. The largest absolute Gasteiger partial charge is 0.486 e. The minimum Gasteiger partial charge on any atom is -0.486 e. The number of hydrogen-bond donors (Lipinski definition) is 5. The fourth-order valence-corrected chi connectivity index (χ4v) is 15.2. The number of benzene rings is 6. The molecular weight excluding hydrogens is 1400 g/mol. The third-order valence-electron chi connectivity index (χ3n) is 20.6. The van der Waals surface area contributed by atoms with E-state index in [-0.39, 0.29) is 65.8 Å². The van der Waals surface area contributed by atoms with Gasteiger partial charge in [0.05, 0.1) is 51.9 Å². The number of nitrogens with zero attached hydrogens (tertiary/aromatic N) is 9. The van der Waals surface area contributed by atoms with E-state index in [9.17, 15) is 33.4 Å². The molecule has 0 bridgehead atoms. The molecule has 0 aliphatic carbocycles. The van der Waals surface area contributed by atoms with Gasteiger partial charge in [0.2, 0.25) is 11.8 Å². The molecular formula is C81H86BrF2N11O10. The summed E-state index contributed by atoms with van der Waals surface area (Å²) in [5, 5.41) is 42.4. The zero-order chi connectivity index (χ0) is 72.3. The number of carbonyl (C=O) groups excluding carboxylic acids is 2. The predicted molar refractivity (Wildman–Crippen MR) is 403 cm³/mol. The predicted octanol–water partition coefficient (Wildman–Crippen LogP) is 11.7. The van der Waals surface area contributed by atoms with Crippen LogP contribution >= 0.6 is 15.9 Å². The summed E-state index contributed by atoms with van der Waals surface area (Å²) in [5.41, 5.74) is 4.57. The number of aliphatic hydroxyl groups excluding tert-OH is 2. The fraction of sp³-hybridized carbons (Fsp3) is 0.370. The highest BCUT2D eigenvalue weighted by Gasteiger charge is 2.37. The van der Waals surface area contributed by atoms with Gasteiger partial charge in [-0.15, -0.1) is 0 Å². The second kappa shape index (κ2) is 33.5. The van der Waals surface area contributed by atoms with Gasteiger partial charge in [-0.1, -0.05) is 78.9 Å². The number of amides is 2. The smallest absolute Gasteiger partial charge is 0.308 e. The van der Waals surface area contributed by atoms with Crippen molar-refractivity contribution in [2.75, 3.05) is 120 Å². The van der Waals surface area contributed by atoms with Crippen LogP contribution in [0.2, 0.25) is 0 Å². The van der Waals surface area contributed by atoms with E-state index in [0.29, 0.717) is 76.3 Å². The lowest BCUT2D eigenvalue weighted by Crippen LogP contribution is -2.48. The highest BCUT2D eigenvalue weighted by molar-refractivity contribution is 9.10. The number of anilines is 3. The van der Waals surface area contributed by atoms with E-state index in [4.69, 9.17) is 34.0 Å². The van der Waals surface area contributed by atoms with E-state index < -0.39 is 41.9 Å². The molecule has 546 valence electrons. The number of pyridine rings is 4. The number of para-hydroxylation sites is 4. The molecule has 24 heteroatoms. The molecule has 5 saturated heterocycles. The fourth-order valence-electron chi connectivity index (χ4n) is 14.9. The average Bonchev–Trinajstić information content (AvgIpc) is 1.32. The molecule has 5 N–H and O–H groups in total. The molecule has 0 saturated carbocycles. The van der Waals surface area contributed by atoms with Crippen LogP contribution in [-0.2, 0) is 14.4 Å². The molecule has 5 fully saturated rings. The Balaban J connectivity index is 0.000000129. The second-order valence-electron chi connectivity index (χ2n) is 27.7. The number of hydrogen-bond acceptors (Lipinski definition) is 18. The van der Waals surface area contributed by atoms with Crippen LogP contribution < -0.4 is 44.3 Å².